The normalized spacial score (nSPS) is 18.8. The van der Waals surface area contributed by atoms with Gasteiger partial charge < -0.3 is 0 Å². The fraction of sp³-hybridized carbons (Fsp3) is 0.238. The Morgan fingerprint density at radius 1 is 0.759 bits per heavy atom. The fourth-order valence-electron chi connectivity index (χ4n) is 2.29. The summed E-state index contributed by atoms with van der Waals surface area (Å²) in [4.78, 5) is 0.0865. The first-order valence-electron chi connectivity index (χ1n) is 8.72. The van der Waals surface area contributed by atoms with E-state index >= 15 is 0 Å². The van der Waals surface area contributed by atoms with E-state index in [2.05, 4.69) is 4.72 Å². The van der Waals surface area contributed by atoms with Gasteiger partial charge in [0.25, 0.3) is 0 Å². The van der Waals surface area contributed by atoms with E-state index in [0.29, 0.717) is 0 Å². The number of benzene rings is 1. The van der Waals surface area contributed by atoms with Gasteiger partial charge in [-0.15, -0.1) is 0 Å². The number of sulfonamides is 1. The molecule has 1 aromatic rings. The zero-order chi connectivity index (χ0) is 21.0. The van der Waals surface area contributed by atoms with Gasteiger partial charge in [0.15, 0.2) is 9.84 Å². The largest absolute Gasteiger partial charge is 2.00 e. The van der Waals surface area contributed by atoms with Crippen LogP contribution in [0.4, 0.5) is 0 Å². The van der Waals surface area contributed by atoms with Gasteiger partial charge >= 0.3 is 17.1 Å². The second-order valence-corrected chi connectivity index (χ2v) is 11.7. The number of rotatable bonds is 4. The first-order valence-corrected chi connectivity index (χ1v) is 11.7. The molecule has 2 saturated carbocycles. The Kier molecular flexibility index (Phi) is 9.88. The van der Waals surface area contributed by atoms with Crippen LogP contribution in [0.2, 0.25) is 0 Å². The smallest absolute Gasteiger partial charge is 0.228 e. The minimum absolute atomic E-state index is 0. The predicted molar refractivity (Wildman–Crippen MR) is 111 cm³/mol. The Morgan fingerprint density at radius 2 is 1.24 bits per heavy atom. The molecule has 2 fully saturated rings. The molecule has 0 aliphatic heterocycles. The molecule has 0 bridgehead atoms. The fourth-order valence-corrected chi connectivity index (χ4v) is 4.76. The summed E-state index contributed by atoms with van der Waals surface area (Å²) in [7, 11) is -7.49. The second kappa shape index (κ2) is 10.8. The molecule has 3 rings (SSSR count). The summed E-state index contributed by atoms with van der Waals surface area (Å²) in [5.74, 6) is 0. The van der Waals surface area contributed by atoms with Crippen LogP contribution < -0.4 is 4.72 Å². The summed E-state index contributed by atoms with van der Waals surface area (Å²) >= 11 is 0. The van der Waals surface area contributed by atoms with Gasteiger partial charge in [0.05, 0.1) is 15.7 Å². The van der Waals surface area contributed by atoms with Crippen LogP contribution in [-0.4, -0.2) is 21.6 Å². The van der Waals surface area contributed by atoms with E-state index in [9.17, 15) is 16.8 Å². The van der Waals surface area contributed by atoms with E-state index < -0.39 is 24.6 Å². The van der Waals surface area contributed by atoms with E-state index in [1.54, 1.807) is 32.9 Å². The van der Waals surface area contributed by atoms with Gasteiger partial charge in [-0.1, -0.05) is 17.7 Å². The third-order valence-corrected chi connectivity index (χ3v) is 7.93. The summed E-state index contributed by atoms with van der Waals surface area (Å²) in [6, 6.07) is 6.41. The van der Waals surface area contributed by atoms with Crippen LogP contribution in [0.15, 0.2) is 29.2 Å². The zero-order valence-corrected chi connectivity index (χ0v) is 19.5. The standard InChI is InChI=1S/C16H20NO4S2.C5H5.Fe/c1-12-8-10-13(11-9-12)23(20,21)17-14-6-5-7-15(14)22(18,19)16(2,3)4;1-2-4-5-3-1;/h5-11,17H,1-4H3;1-5H;/q;;+2. The molecular weight excluding hydrogens is 450 g/mol. The van der Waals surface area contributed by atoms with Crippen molar-refractivity contribution >= 4 is 19.9 Å². The van der Waals surface area contributed by atoms with Crippen molar-refractivity contribution in [1.82, 2.24) is 4.72 Å². The summed E-state index contributed by atoms with van der Waals surface area (Å²) in [6.45, 7) is 6.59. The molecule has 29 heavy (non-hydrogen) atoms. The Labute approximate surface area is 187 Å². The van der Waals surface area contributed by atoms with Crippen molar-refractivity contribution in [1.29, 1.82) is 0 Å². The van der Waals surface area contributed by atoms with Crippen molar-refractivity contribution in [3.8, 4) is 0 Å². The number of sulfone groups is 1. The van der Waals surface area contributed by atoms with Gasteiger partial charge in [-0.3, -0.25) is 0 Å². The molecule has 0 heterocycles. The Morgan fingerprint density at radius 3 is 1.69 bits per heavy atom. The zero-order valence-electron chi connectivity index (χ0n) is 16.7. The van der Waals surface area contributed by atoms with Crippen LogP contribution in [0.1, 0.15) is 26.3 Å². The van der Waals surface area contributed by atoms with E-state index in [1.165, 1.54) is 31.4 Å². The first-order chi connectivity index (χ1) is 12.9. The third-order valence-electron chi connectivity index (χ3n) is 4.00. The molecule has 2 aliphatic rings. The molecule has 10 radical (unpaired) electrons. The van der Waals surface area contributed by atoms with Gasteiger partial charge in [0.1, 0.15) is 5.25 Å². The van der Waals surface area contributed by atoms with Crippen LogP contribution in [0, 0.1) is 69.6 Å². The topological polar surface area (TPSA) is 80.3 Å². The average Bonchev–Trinajstić information content (AvgIpc) is 3.28. The minimum atomic E-state index is -3.84. The van der Waals surface area contributed by atoms with Gasteiger partial charge in [-0.05, 0) is 91.2 Å². The van der Waals surface area contributed by atoms with Crippen molar-refractivity contribution < 1.29 is 33.9 Å². The molecule has 0 spiro atoms. The van der Waals surface area contributed by atoms with Crippen LogP contribution in [0.3, 0.4) is 0 Å². The van der Waals surface area contributed by atoms with Gasteiger partial charge in [-0.25, -0.2) is 21.6 Å². The second-order valence-electron chi connectivity index (χ2n) is 7.30. The van der Waals surface area contributed by atoms with Crippen LogP contribution in [0.25, 0.3) is 0 Å². The van der Waals surface area contributed by atoms with E-state index in [1.807, 2.05) is 39.0 Å². The summed E-state index contributed by atoms with van der Waals surface area (Å²) < 4.78 is 51.4. The molecule has 2 aliphatic carbocycles. The van der Waals surface area contributed by atoms with Crippen LogP contribution in [0.5, 0.6) is 0 Å². The maximum absolute atomic E-state index is 12.6. The van der Waals surface area contributed by atoms with Crippen LogP contribution >= 0.6 is 0 Å². The average molecular weight is 475 g/mol. The maximum atomic E-state index is 12.6. The van der Waals surface area contributed by atoms with Crippen molar-refractivity contribution in [3.63, 3.8) is 0 Å². The molecule has 0 unspecified atom stereocenters. The van der Waals surface area contributed by atoms with E-state index in [4.69, 9.17) is 0 Å². The Hall–Kier alpha value is -0.401. The quantitative estimate of drug-likeness (QED) is 0.679. The SMILES string of the molecule is Cc1ccc(S(=O)(=O)N[C]2[CH][CH][CH][C]2S(=O)(=O)C(C)(C)C)cc1.[CH]1[CH][CH][CH][CH]1.[Fe+2]. The molecule has 156 valence electrons. The summed E-state index contributed by atoms with van der Waals surface area (Å²) in [6.07, 6.45) is 14.4. The number of hydrogen-bond donors (Lipinski definition) is 1. The third kappa shape index (κ3) is 7.06. The number of hydrogen-bond acceptors (Lipinski definition) is 4. The van der Waals surface area contributed by atoms with E-state index in [-0.39, 0.29) is 33.3 Å². The first kappa shape index (κ1) is 26.6. The van der Waals surface area contributed by atoms with Crippen molar-refractivity contribution in [2.45, 2.75) is 37.3 Å². The molecule has 0 amide bonds. The summed E-state index contributed by atoms with van der Waals surface area (Å²) in [5.41, 5.74) is 0.938. The summed E-state index contributed by atoms with van der Waals surface area (Å²) in [5, 5.41) is -0.0133. The molecule has 0 atom stereocenters. The minimum Gasteiger partial charge on any atom is -0.228 e. The molecule has 1 N–H and O–H groups in total. The van der Waals surface area contributed by atoms with Gasteiger partial charge in [0, 0.05) is 0 Å². The molecular formula is C21H25FeNO4S2+2. The van der Waals surface area contributed by atoms with Gasteiger partial charge in [0.2, 0.25) is 10.0 Å². The van der Waals surface area contributed by atoms with Gasteiger partial charge in [-0.2, -0.15) is 0 Å². The molecule has 1 aromatic carbocycles. The monoisotopic (exact) mass is 475 g/mol. The van der Waals surface area contributed by atoms with Crippen LogP contribution in [-0.2, 0) is 36.9 Å². The molecule has 0 aromatic heterocycles. The van der Waals surface area contributed by atoms with Crippen molar-refractivity contribution in [2.24, 2.45) is 0 Å². The van der Waals surface area contributed by atoms with Crippen molar-refractivity contribution in [3.05, 3.63) is 92.5 Å². The Balaban J connectivity index is 0.000000610. The predicted octanol–water partition coefficient (Wildman–Crippen LogP) is 3.20. The Bertz CT molecular complexity index is 832. The van der Waals surface area contributed by atoms with E-state index in [0.717, 1.165) is 5.56 Å². The number of nitrogens with one attached hydrogen (secondary N) is 1. The van der Waals surface area contributed by atoms with Crippen molar-refractivity contribution in [2.75, 3.05) is 0 Å². The molecule has 5 nitrogen and oxygen atoms in total. The molecule has 8 heteroatoms. The number of aryl methyl sites for hydroxylation is 1. The maximum Gasteiger partial charge on any atom is 2.00 e. The molecule has 0 saturated heterocycles.